The van der Waals surface area contributed by atoms with Gasteiger partial charge in [0.15, 0.2) is 11.0 Å². The van der Waals surface area contributed by atoms with Crippen molar-refractivity contribution in [3.8, 4) is 11.5 Å². The molecule has 10 heteroatoms. The number of Topliss-reactive ketones (excluding diaryl/α,β-unsaturated/α-hetero) is 1. The average molecular weight is 464 g/mol. The van der Waals surface area contributed by atoms with Gasteiger partial charge >= 0.3 is 0 Å². The number of fused-ring (bicyclic) bond motifs is 2. The van der Waals surface area contributed by atoms with Crippen LogP contribution in [-0.4, -0.2) is 52.9 Å². The van der Waals surface area contributed by atoms with Crippen LogP contribution < -0.4 is 19.8 Å². The molecule has 1 amide bonds. The molecule has 0 saturated carbocycles. The van der Waals surface area contributed by atoms with Gasteiger partial charge in [-0.25, -0.2) is 0 Å². The fraction of sp³-hybridized carbons (Fsp3) is 0.174. The molecular weight excluding hydrogens is 442 g/mol. The fourth-order valence-electron chi connectivity index (χ4n) is 3.76. The highest BCUT2D eigenvalue weighted by atomic mass is 32.2. The molecule has 168 valence electrons. The Kier molecular flexibility index (Phi) is 5.43. The van der Waals surface area contributed by atoms with Crippen molar-refractivity contribution in [2.75, 3.05) is 24.9 Å². The van der Waals surface area contributed by atoms with Crippen LogP contribution in [0.1, 0.15) is 10.4 Å². The number of amidine groups is 1. The number of nitrogens with zero attached hydrogens (tertiary/aromatic N) is 3. The van der Waals surface area contributed by atoms with Crippen LogP contribution in [0, 0.1) is 0 Å². The number of aromatic nitrogens is 1. The van der Waals surface area contributed by atoms with Crippen molar-refractivity contribution in [1.82, 2.24) is 15.3 Å². The molecule has 0 fully saturated rings. The highest BCUT2D eigenvalue weighted by Crippen LogP contribution is 2.29. The molecule has 0 spiro atoms. The molecule has 3 heterocycles. The quantitative estimate of drug-likeness (QED) is 0.542. The Morgan fingerprint density at radius 3 is 2.76 bits per heavy atom. The summed E-state index contributed by atoms with van der Waals surface area (Å²) in [5.74, 6) is 1.30. The third-order valence-electron chi connectivity index (χ3n) is 5.48. The van der Waals surface area contributed by atoms with Crippen molar-refractivity contribution in [2.24, 2.45) is 5.10 Å². The summed E-state index contributed by atoms with van der Waals surface area (Å²) in [5.41, 5.74) is 5.03. The molecule has 2 aliphatic rings. The Bertz CT molecular complexity index is 1300. The second kappa shape index (κ2) is 8.55. The number of carbonyl (C=O) groups is 2. The van der Waals surface area contributed by atoms with Crippen LogP contribution in [0.2, 0.25) is 0 Å². The van der Waals surface area contributed by atoms with Crippen LogP contribution in [0.5, 0.6) is 11.5 Å². The Labute approximate surface area is 194 Å². The minimum Gasteiger partial charge on any atom is -0.497 e. The van der Waals surface area contributed by atoms with E-state index in [9.17, 15) is 9.59 Å². The molecule has 1 atom stereocenters. The summed E-state index contributed by atoms with van der Waals surface area (Å²) in [7, 11) is 3.17. The van der Waals surface area contributed by atoms with Crippen molar-refractivity contribution < 1.29 is 19.1 Å². The van der Waals surface area contributed by atoms with Crippen LogP contribution in [-0.2, 0) is 4.79 Å². The Morgan fingerprint density at radius 1 is 1.12 bits per heavy atom. The second-order valence-electron chi connectivity index (χ2n) is 7.37. The third kappa shape index (κ3) is 3.78. The van der Waals surface area contributed by atoms with Crippen molar-refractivity contribution in [3.05, 3.63) is 66.6 Å². The highest BCUT2D eigenvalue weighted by Gasteiger charge is 2.38. The minimum atomic E-state index is -0.670. The largest absolute Gasteiger partial charge is 0.497 e. The summed E-state index contributed by atoms with van der Waals surface area (Å²) in [6, 6.07) is 12.8. The third-order valence-corrected chi connectivity index (χ3v) is 6.45. The van der Waals surface area contributed by atoms with Gasteiger partial charge in [0.2, 0.25) is 6.17 Å². The SMILES string of the molecule is COc1cccc(N2C=CN3C(SCC(=O)c4c[nH]c5ccc(OC)cc45)=NNC3C2=O)c1. The molecule has 2 aliphatic heterocycles. The number of hydrogen-bond donors (Lipinski definition) is 2. The number of ether oxygens (including phenoxy) is 2. The number of aromatic amines is 1. The first-order valence-electron chi connectivity index (χ1n) is 10.2. The number of methoxy groups -OCH3 is 2. The highest BCUT2D eigenvalue weighted by molar-refractivity contribution is 8.14. The molecule has 33 heavy (non-hydrogen) atoms. The van der Waals surface area contributed by atoms with Gasteiger partial charge in [-0.15, -0.1) is 0 Å². The summed E-state index contributed by atoms with van der Waals surface area (Å²) in [4.78, 5) is 32.4. The van der Waals surface area contributed by atoms with E-state index in [0.29, 0.717) is 27.9 Å². The number of H-pyrrole nitrogens is 1. The smallest absolute Gasteiger partial charge is 0.276 e. The first-order valence-corrected chi connectivity index (χ1v) is 11.2. The number of thioether (sulfide) groups is 1. The van der Waals surface area contributed by atoms with Gasteiger partial charge in [-0.3, -0.25) is 24.8 Å². The van der Waals surface area contributed by atoms with E-state index >= 15 is 0 Å². The average Bonchev–Trinajstić information content (AvgIpc) is 3.47. The van der Waals surface area contributed by atoms with E-state index in [1.54, 1.807) is 48.7 Å². The standard InChI is InChI=1S/C23H21N5O4S/c1-31-15-5-3-4-14(10-15)27-8-9-28-21(22(27)30)25-26-23(28)33-13-20(29)18-12-24-19-7-6-16(32-2)11-17(18)19/h3-12,21,24-25H,13H2,1-2H3. The lowest BCUT2D eigenvalue weighted by molar-refractivity contribution is -0.122. The van der Waals surface area contributed by atoms with E-state index in [1.165, 1.54) is 11.8 Å². The van der Waals surface area contributed by atoms with Gasteiger partial charge in [0.05, 0.1) is 25.7 Å². The van der Waals surface area contributed by atoms with E-state index in [2.05, 4.69) is 15.5 Å². The van der Waals surface area contributed by atoms with Gasteiger partial charge < -0.3 is 14.5 Å². The normalized spacial score (nSPS) is 17.1. The van der Waals surface area contributed by atoms with Crippen molar-refractivity contribution >= 4 is 45.2 Å². The first kappa shape index (κ1) is 21.0. The fourth-order valence-corrected chi connectivity index (χ4v) is 4.61. The Hall–Kier alpha value is -3.92. The molecule has 3 aromatic rings. The van der Waals surface area contributed by atoms with Crippen LogP contribution in [0.4, 0.5) is 5.69 Å². The van der Waals surface area contributed by atoms with E-state index in [1.807, 2.05) is 36.4 Å². The zero-order chi connectivity index (χ0) is 22.9. The molecular formula is C23H21N5O4S. The van der Waals surface area contributed by atoms with Gasteiger partial charge in [0.25, 0.3) is 5.91 Å². The number of benzene rings is 2. The molecule has 1 aromatic heterocycles. The van der Waals surface area contributed by atoms with Crippen molar-refractivity contribution in [2.45, 2.75) is 6.17 Å². The predicted octanol–water partition coefficient (Wildman–Crippen LogP) is 3.12. The van der Waals surface area contributed by atoms with Crippen molar-refractivity contribution in [3.63, 3.8) is 0 Å². The molecule has 0 bridgehead atoms. The molecule has 5 rings (SSSR count). The maximum Gasteiger partial charge on any atom is 0.276 e. The molecule has 0 saturated heterocycles. The topological polar surface area (TPSA) is 99.3 Å². The lowest BCUT2D eigenvalue weighted by atomic mass is 10.1. The lowest BCUT2D eigenvalue weighted by Crippen LogP contribution is -2.52. The van der Waals surface area contributed by atoms with E-state index < -0.39 is 6.17 Å². The van der Waals surface area contributed by atoms with Crippen LogP contribution >= 0.6 is 11.8 Å². The zero-order valence-corrected chi connectivity index (χ0v) is 18.8. The summed E-state index contributed by atoms with van der Waals surface area (Å²) < 4.78 is 10.5. The number of carbonyl (C=O) groups excluding carboxylic acids is 2. The van der Waals surface area contributed by atoms with Gasteiger partial charge in [-0.1, -0.05) is 17.8 Å². The van der Waals surface area contributed by atoms with E-state index in [0.717, 1.165) is 10.9 Å². The maximum absolute atomic E-state index is 13.0. The summed E-state index contributed by atoms with van der Waals surface area (Å²) in [5, 5.41) is 5.66. The van der Waals surface area contributed by atoms with Gasteiger partial charge in [-0.05, 0) is 30.3 Å². The molecule has 2 N–H and O–H groups in total. The first-order chi connectivity index (χ1) is 16.1. The zero-order valence-electron chi connectivity index (χ0n) is 17.9. The van der Waals surface area contributed by atoms with Gasteiger partial charge in [-0.2, -0.15) is 5.10 Å². The Morgan fingerprint density at radius 2 is 1.94 bits per heavy atom. The minimum absolute atomic E-state index is 0.0454. The van der Waals surface area contributed by atoms with E-state index in [4.69, 9.17) is 9.47 Å². The number of anilines is 1. The molecule has 0 aliphatic carbocycles. The van der Waals surface area contributed by atoms with Gasteiger partial charge in [0, 0.05) is 41.1 Å². The molecule has 2 aromatic carbocycles. The maximum atomic E-state index is 13.0. The molecule has 9 nitrogen and oxygen atoms in total. The number of amides is 1. The number of ketones is 1. The second-order valence-corrected chi connectivity index (χ2v) is 8.31. The van der Waals surface area contributed by atoms with Gasteiger partial charge in [0.1, 0.15) is 11.5 Å². The van der Waals surface area contributed by atoms with Crippen LogP contribution in [0.15, 0.2) is 66.2 Å². The molecule has 0 radical (unpaired) electrons. The summed E-state index contributed by atoms with van der Waals surface area (Å²) in [6.07, 6.45) is 4.50. The van der Waals surface area contributed by atoms with Crippen LogP contribution in [0.25, 0.3) is 10.9 Å². The summed E-state index contributed by atoms with van der Waals surface area (Å²) in [6.45, 7) is 0. The Balaban J connectivity index is 1.29. The summed E-state index contributed by atoms with van der Waals surface area (Å²) >= 11 is 1.28. The number of nitrogens with one attached hydrogen (secondary N) is 2. The van der Waals surface area contributed by atoms with E-state index in [-0.39, 0.29) is 17.4 Å². The lowest BCUT2D eigenvalue weighted by Gasteiger charge is -2.32. The van der Waals surface area contributed by atoms with Crippen LogP contribution in [0.3, 0.4) is 0 Å². The monoisotopic (exact) mass is 463 g/mol. The van der Waals surface area contributed by atoms with Crippen molar-refractivity contribution in [1.29, 1.82) is 0 Å². The molecule has 1 unspecified atom stereocenters. The number of hydrogen-bond acceptors (Lipinski definition) is 8. The number of hydrazone groups is 1. The number of rotatable bonds is 6. The predicted molar refractivity (Wildman–Crippen MR) is 127 cm³/mol.